The van der Waals surface area contributed by atoms with Crippen LogP contribution in [0.5, 0.6) is 0 Å². The number of amides is 2. The topological polar surface area (TPSA) is 88.9 Å². The second-order valence-electron chi connectivity index (χ2n) is 14.0. The first-order valence-corrected chi connectivity index (χ1v) is 16.8. The van der Waals surface area contributed by atoms with E-state index in [4.69, 9.17) is 14.5 Å². The fraction of sp³-hybridized carbons (Fsp3) is 0.395. The summed E-state index contributed by atoms with van der Waals surface area (Å²) in [4.78, 5) is 33.5. The van der Waals surface area contributed by atoms with Crippen LogP contribution in [0, 0.1) is 23.5 Å². The molecule has 2 aliphatic heterocycles. The Hall–Kier alpha value is -4.84. The number of alkyl halides is 1. The van der Waals surface area contributed by atoms with Crippen LogP contribution in [0.4, 0.5) is 22.8 Å². The van der Waals surface area contributed by atoms with Crippen molar-refractivity contribution in [2.24, 2.45) is 11.8 Å². The van der Waals surface area contributed by atoms with Crippen LogP contribution in [0.2, 0.25) is 0 Å². The van der Waals surface area contributed by atoms with Crippen LogP contribution in [-0.2, 0) is 22.6 Å². The van der Waals surface area contributed by atoms with E-state index >= 15 is 8.78 Å². The molecule has 2 amide bonds. The van der Waals surface area contributed by atoms with E-state index in [0.717, 1.165) is 29.3 Å². The number of nitrogens with zero attached hydrogens (tertiary/aromatic N) is 4. The number of halogens is 3. The number of hydrogen-bond acceptors (Lipinski definition) is 6. The van der Waals surface area contributed by atoms with Gasteiger partial charge in [-0.15, -0.1) is 0 Å². The van der Waals surface area contributed by atoms with E-state index in [1.807, 2.05) is 65.2 Å². The molecule has 0 aliphatic carbocycles. The van der Waals surface area contributed by atoms with Crippen LogP contribution in [0.3, 0.4) is 0 Å². The summed E-state index contributed by atoms with van der Waals surface area (Å²) in [6, 6.07) is 21.8. The van der Waals surface area contributed by atoms with Crippen molar-refractivity contribution in [1.82, 2.24) is 24.7 Å². The number of likely N-dealkylation sites (tertiary alicyclic amines) is 2. The summed E-state index contributed by atoms with van der Waals surface area (Å²) in [5.74, 6) is -1.37. The van der Waals surface area contributed by atoms with Crippen LogP contribution in [0.1, 0.15) is 43.8 Å². The molecule has 0 bridgehead atoms. The molecule has 3 unspecified atom stereocenters. The van der Waals surface area contributed by atoms with Gasteiger partial charge in [0.2, 0.25) is 0 Å². The fourth-order valence-corrected chi connectivity index (χ4v) is 6.34. The third-order valence-corrected chi connectivity index (χ3v) is 8.94. The molecule has 2 saturated heterocycles. The van der Waals surface area contributed by atoms with Crippen molar-refractivity contribution < 1.29 is 32.2 Å². The molecule has 4 aromatic rings. The Labute approximate surface area is 290 Å². The Balaban J connectivity index is 1.26. The highest BCUT2D eigenvalue weighted by Crippen LogP contribution is 2.34. The summed E-state index contributed by atoms with van der Waals surface area (Å²) in [6.45, 7) is 6.76. The summed E-state index contributed by atoms with van der Waals surface area (Å²) >= 11 is 0. The molecule has 12 heteroatoms. The molecule has 50 heavy (non-hydrogen) atoms. The highest BCUT2D eigenvalue weighted by atomic mass is 19.1. The quantitative estimate of drug-likeness (QED) is 0.193. The van der Waals surface area contributed by atoms with E-state index in [9.17, 15) is 14.0 Å². The van der Waals surface area contributed by atoms with Crippen LogP contribution < -0.4 is 5.32 Å². The molecule has 1 N–H and O–H groups in total. The van der Waals surface area contributed by atoms with Crippen LogP contribution in [0.25, 0.3) is 11.3 Å². The summed E-state index contributed by atoms with van der Waals surface area (Å²) in [5.41, 5.74) is 1.39. The van der Waals surface area contributed by atoms with Gasteiger partial charge >= 0.3 is 12.2 Å². The number of carbonyl (C=O) groups is 2. The normalized spacial score (nSPS) is 18.5. The van der Waals surface area contributed by atoms with E-state index in [0.29, 0.717) is 25.5 Å². The molecule has 9 nitrogen and oxygen atoms in total. The maximum absolute atomic E-state index is 15.4. The Kier molecular flexibility index (Phi) is 10.5. The van der Waals surface area contributed by atoms with E-state index in [-0.39, 0.29) is 43.4 Å². The monoisotopic (exact) mass is 689 g/mol. The third kappa shape index (κ3) is 8.47. The second kappa shape index (κ2) is 15.0. The number of imidazole rings is 1. The van der Waals surface area contributed by atoms with E-state index in [2.05, 4.69) is 5.32 Å². The van der Waals surface area contributed by atoms with Gasteiger partial charge < -0.3 is 29.2 Å². The molecule has 3 aromatic carbocycles. The van der Waals surface area contributed by atoms with E-state index < -0.39 is 47.6 Å². The lowest BCUT2D eigenvalue weighted by molar-refractivity contribution is 0.0280. The van der Waals surface area contributed by atoms with Gasteiger partial charge in [0, 0.05) is 56.3 Å². The minimum atomic E-state index is -1.29. The Morgan fingerprint density at radius 1 is 0.900 bits per heavy atom. The van der Waals surface area contributed by atoms with Gasteiger partial charge in [-0.05, 0) is 50.1 Å². The number of hydrogen-bond donors (Lipinski definition) is 1. The SMILES string of the molecule is CC(C)(C)OC(=O)N1CC(F)C(CNC(c2nc(-c3cc(F)ccc3F)cn2Cc2ccccc2)C2CN(C(=O)OCc3ccccc3)C2)C1. The standard InChI is InChI=1S/C38H42F3N5O4/c1-38(2,3)50-37(48)46-19-27(32(41)22-46)17-42-34(28-20-45(21-28)36(47)49-24-26-12-8-5-9-13-26)35-43-33(30-16-29(39)14-15-31(30)40)23-44(35)18-25-10-6-4-7-11-25/h4-16,23,27-28,32,34,42H,17-22,24H2,1-3H3. The Bertz CT molecular complexity index is 1780. The lowest BCUT2D eigenvalue weighted by Crippen LogP contribution is -2.55. The second-order valence-corrected chi connectivity index (χ2v) is 14.0. The molecule has 3 heterocycles. The minimum Gasteiger partial charge on any atom is -0.445 e. The zero-order valence-electron chi connectivity index (χ0n) is 28.4. The number of nitrogens with one attached hydrogen (secondary N) is 1. The average molecular weight is 690 g/mol. The number of carbonyl (C=O) groups excluding carboxylic acids is 2. The predicted octanol–water partition coefficient (Wildman–Crippen LogP) is 6.98. The van der Waals surface area contributed by atoms with E-state index in [1.54, 1.807) is 31.9 Å². The molecular weight excluding hydrogens is 647 g/mol. The molecule has 3 atom stereocenters. The van der Waals surface area contributed by atoms with Gasteiger partial charge in [0.1, 0.15) is 35.8 Å². The van der Waals surface area contributed by atoms with Gasteiger partial charge in [-0.25, -0.2) is 27.7 Å². The molecule has 1 aromatic heterocycles. The molecule has 0 spiro atoms. The lowest BCUT2D eigenvalue weighted by atomic mass is 9.90. The first-order chi connectivity index (χ1) is 23.9. The zero-order chi connectivity index (χ0) is 35.4. The maximum atomic E-state index is 15.4. The minimum absolute atomic E-state index is 0.0177. The first kappa shape index (κ1) is 35.0. The summed E-state index contributed by atoms with van der Waals surface area (Å²) in [6.07, 6.45) is -0.617. The fourth-order valence-electron chi connectivity index (χ4n) is 6.34. The zero-order valence-corrected chi connectivity index (χ0v) is 28.4. The molecule has 6 rings (SSSR count). The van der Waals surface area contributed by atoms with Gasteiger partial charge in [0.05, 0.1) is 18.3 Å². The highest BCUT2D eigenvalue weighted by Gasteiger charge is 2.42. The number of rotatable bonds is 10. The van der Waals surface area contributed by atoms with Crippen molar-refractivity contribution in [3.63, 3.8) is 0 Å². The van der Waals surface area contributed by atoms with Crippen molar-refractivity contribution in [2.45, 2.75) is 51.7 Å². The summed E-state index contributed by atoms with van der Waals surface area (Å²) in [5, 5.41) is 3.50. The van der Waals surface area contributed by atoms with Gasteiger partial charge in [-0.3, -0.25) is 0 Å². The maximum Gasteiger partial charge on any atom is 0.410 e. The van der Waals surface area contributed by atoms with Crippen molar-refractivity contribution in [3.05, 3.63) is 114 Å². The smallest absolute Gasteiger partial charge is 0.410 e. The van der Waals surface area contributed by atoms with Gasteiger partial charge in [-0.2, -0.15) is 0 Å². The molecule has 0 saturated carbocycles. The molecule has 2 fully saturated rings. The molecule has 264 valence electrons. The van der Waals surface area contributed by atoms with Crippen molar-refractivity contribution in [3.8, 4) is 11.3 Å². The van der Waals surface area contributed by atoms with Gasteiger partial charge in [0.25, 0.3) is 0 Å². The van der Waals surface area contributed by atoms with Gasteiger partial charge in [-0.1, -0.05) is 60.7 Å². The largest absolute Gasteiger partial charge is 0.445 e. The summed E-state index contributed by atoms with van der Waals surface area (Å²) in [7, 11) is 0. The van der Waals surface area contributed by atoms with Crippen LogP contribution in [-0.4, -0.2) is 76.0 Å². The first-order valence-electron chi connectivity index (χ1n) is 16.8. The number of benzene rings is 3. The molecule has 2 aliphatic rings. The highest BCUT2D eigenvalue weighted by molar-refractivity contribution is 5.69. The Morgan fingerprint density at radius 2 is 1.56 bits per heavy atom. The third-order valence-electron chi connectivity index (χ3n) is 8.94. The number of aromatic nitrogens is 2. The molecule has 0 radical (unpaired) electrons. The predicted molar refractivity (Wildman–Crippen MR) is 182 cm³/mol. The Morgan fingerprint density at radius 3 is 2.24 bits per heavy atom. The van der Waals surface area contributed by atoms with Crippen molar-refractivity contribution in [1.29, 1.82) is 0 Å². The lowest BCUT2D eigenvalue weighted by Gasteiger charge is -2.43. The average Bonchev–Trinajstić information content (AvgIpc) is 3.65. The van der Waals surface area contributed by atoms with Crippen molar-refractivity contribution in [2.75, 3.05) is 32.7 Å². The van der Waals surface area contributed by atoms with Crippen molar-refractivity contribution >= 4 is 12.2 Å². The molecular formula is C38H42F3N5O4. The number of ether oxygens (including phenoxy) is 2. The van der Waals surface area contributed by atoms with E-state index in [1.165, 1.54) is 4.90 Å². The van der Waals surface area contributed by atoms with Crippen LogP contribution in [0.15, 0.2) is 85.1 Å². The van der Waals surface area contributed by atoms with Gasteiger partial charge in [0.15, 0.2) is 0 Å². The summed E-state index contributed by atoms with van der Waals surface area (Å²) < 4.78 is 57.6. The van der Waals surface area contributed by atoms with Crippen LogP contribution >= 0.6 is 0 Å².